The minimum atomic E-state index is -0.376. The molecule has 0 aromatic carbocycles. The lowest BCUT2D eigenvalue weighted by molar-refractivity contribution is -0.0589. The molecule has 0 unspecified atom stereocenters. The summed E-state index contributed by atoms with van der Waals surface area (Å²) in [5.41, 5.74) is 1.75. The van der Waals surface area contributed by atoms with E-state index in [0.717, 1.165) is 5.69 Å². The van der Waals surface area contributed by atoms with E-state index in [4.69, 9.17) is 9.47 Å². The summed E-state index contributed by atoms with van der Waals surface area (Å²) in [4.78, 5) is 27.5. The predicted octanol–water partition coefficient (Wildman–Crippen LogP) is 2.37. The maximum atomic E-state index is 12.5. The molecule has 0 radical (unpaired) electrons. The molecule has 6 heteroatoms. The van der Waals surface area contributed by atoms with Gasteiger partial charge in [-0.05, 0) is 38.3 Å². The standard InChI is InChI=1S/C19H28N2O4/c1-12(2)7-10-25-17-11-24-9-8-16(17)21-19(23)14-5-6-15(13(3)4)20-18(14)22/h5-7,13,16-17H,8-11H2,1-4H3,(H,20,22)(H,21,23)/t16-,17-/m1/s1. The molecule has 1 aromatic rings. The number of pyridine rings is 1. The smallest absolute Gasteiger partial charge is 0.261 e. The topological polar surface area (TPSA) is 80.4 Å². The quantitative estimate of drug-likeness (QED) is 0.774. The minimum Gasteiger partial charge on any atom is -0.379 e. The Kier molecular flexibility index (Phi) is 6.96. The maximum Gasteiger partial charge on any atom is 0.261 e. The van der Waals surface area contributed by atoms with Crippen LogP contribution in [0.25, 0.3) is 0 Å². The summed E-state index contributed by atoms with van der Waals surface area (Å²) < 4.78 is 11.3. The molecule has 1 aliphatic heterocycles. The van der Waals surface area contributed by atoms with E-state index in [1.165, 1.54) is 5.57 Å². The third-order valence-corrected chi connectivity index (χ3v) is 4.22. The van der Waals surface area contributed by atoms with Crippen molar-refractivity contribution in [3.05, 3.63) is 45.4 Å². The van der Waals surface area contributed by atoms with Gasteiger partial charge < -0.3 is 19.8 Å². The van der Waals surface area contributed by atoms with Crippen LogP contribution < -0.4 is 10.9 Å². The molecule has 1 amide bonds. The molecule has 0 bridgehead atoms. The number of hydrogen-bond acceptors (Lipinski definition) is 4. The summed E-state index contributed by atoms with van der Waals surface area (Å²) in [5.74, 6) is -0.174. The van der Waals surface area contributed by atoms with Gasteiger partial charge in [0.05, 0.1) is 19.3 Å². The van der Waals surface area contributed by atoms with Crippen LogP contribution in [0.3, 0.4) is 0 Å². The first-order valence-electron chi connectivity index (χ1n) is 8.75. The van der Waals surface area contributed by atoms with E-state index in [1.807, 2.05) is 33.8 Å². The molecule has 2 heterocycles. The number of rotatable bonds is 6. The number of hydrogen-bond donors (Lipinski definition) is 2. The minimum absolute atomic E-state index is 0.124. The average Bonchev–Trinajstić information content (AvgIpc) is 2.55. The van der Waals surface area contributed by atoms with Crippen LogP contribution in [0.4, 0.5) is 0 Å². The Morgan fingerprint density at radius 1 is 1.44 bits per heavy atom. The van der Waals surface area contributed by atoms with E-state index >= 15 is 0 Å². The van der Waals surface area contributed by atoms with Gasteiger partial charge in [0, 0.05) is 12.3 Å². The van der Waals surface area contributed by atoms with Crippen molar-refractivity contribution in [2.75, 3.05) is 19.8 Å². The van der Waals surface area contributed by atoms with Crippen molar-refractivity contribution in [2.24, 2.45) is 0 Å². The van der Waals surface area contributed by atoms with Gasteiger partial charge in [0.1, 0.15) is 11.7 Å². The average molecular weight is 348 g/mol. The Hall–Kier alpha value is -1.92. The highest BCUT2D eigenvalue weighted by Gasteiger charge is 2.28. The van der Waals surface area contributed by atoms with Crippen LogP contribution in [-0.4, -0.2) is 42.9 Å². The zero-order chi connectivity index (χ0) is 18.4. The molecular formula is C19H28N2O4. The molecular weight excluding hydrogens is 320 g/mol. The van der Waals surface area contributed by atoms with Crippen LogP contribution in [0.5, 0.6) is 0 Å². The zero-order valence-electron chi connectivity index (χ0n) is 15.4. The van der Waals surface area contributed by atoms with Crippen molar-refractivity contribution in [1.82, 2.24) is 10.3 Å². The third kappa shape index (κ3) is 5.54. The van der Waals surface area contributed by atoms with Crippen molar-refractivity contribution >= 4 is 5.91 Å². The number of carbonyl (C=O) groups is 1. The van der Waals surface area contributed by atoms with E-state index in [1.54, 1.807) is 12.1 Å². The lowest BCUT2D eigenvalue weighted by atomic mass is 10.0. The SMILES string of the molecule is CC(C)=CCO[C@@H]1COCC[C@H]1NC(=O)c1ccc(C(C)C)[nH]c1=O. The molecule has 6 nitrogen and oxygen atoms in total. The lowest BCUT2D eigenvalue weighted by Gasteiger charge is -2.31. The summed E-state index contributed by atoms with van der Waals surface area (Å²) in [6.45, 7) is 9.47. The number of aromatic amines is 1. The molecule has 25 heavy (non-hydrogen) atoms. The molecule has 0 spiro atoms. The maximum absolute atomic E-state index is 12.5. The van der Waals surface area contributed by atoms with Gasteiger partial charge in [0.25, 0.3) is 11.5 Å². The summed E-state index contributed by atoms with van der Waals surface area (Å²) in [6.07, 6.45) is 2.43. The Morgan fingerprint density at radius 2 is 2.20 bits per heavy atom. The first-order chi connectivity index (χ1) is 11.9. The highest BCUT2D eigenvalue weighted by Crippen LogP contribution is 2.13. The molecule has 2 rings (SSSR count). The Morgan fingerprint density at radius 3 is 2.84 bits per heavy atom. The lowest BCUT2D eigenvalue weighted by Crippen LogP contribution is -2.50. The van der Waals surface area contributed by atoms with Gasteiger partial charge in [-0.1, -0.05) is 25.5 Å². The molecule has 138 valence electrons. The fourth-order valence-electron chi connectivity index (χ4n) is 2.63. The first kappa shape index (κ1) is 19.4. The Bertz CT molecular complexity index is 674. The molecule has 2 atom stereocenters. The fourth-order valence-corrected chi connectivity index (χ4v) is 2.63. The van der Waals surface area contributed by atoms with E-state index in [2.05, 4.69) is 10.3 Å². The van der Waals surface area contributed by atoms with E-state index < -0.39 is 0 Å². The van der Waals surface area contributed by atoms with E-state index in [9.17, 15) is 9.59 Å². The summed E-state index contributed by atoms with van der Waals surface area (Å²) in [5, 5.41) is 2.93. The molecule has 2 N–H and O–H groups in total. The molecule has 1 aromatic heterocycles. The largest absolute Gasteiger partial charge is 0.379 e. The van der Waals surface area contributed by atoms with E-state index in [0.29, 0.717) is 26.2 Å². The second-order valence-electron chi connectivity index (χ2n) is 6.91. The van der Waals surface area contributed by atoms with Gasteiger partial charge in [-0.15, -0.1) is 0 Å². The number of aromatic nitrogens is 1. The summed E-state index contributed by atoms with van der Waals surface area (Å²) in [7, 11) is 0. The Balaban J connectivity index is 2.04. The van der Waals surface area contributed by atoms with Crippen LogP contribution >= 0.6 is 0 Å². The van der Waals surface area contributed by atoms with Crippen molar-refractivity contribution < 1.29 is 14.3 Å². The molecule has 0 aliphatic carbocycles. The number of amides is 1. The van der Waals surface area contributed by atoms with Gasteiger partial charge in [0.15, 0.2) is 0 Å². The van der Waals surface area contributed by atoms with Crippen LogP contribution in [0.1, 0.15) is 56.1 Å². The molecule has 1 fully saturated rings. The third-order valence-electron chi connectivity index (χ3n) is 4.22. The van der Waals surface area contributed by atoms with Gasteiger partial charge >= 0.3 is 0 Å². The number of allylic oxidation sites excluding steroid dienone is 1. The fraction of sp³-hybridized carbons (Fsp3) is 0.579. The molecule has 1 aliphatic rings. The van der Waals surface area contributed by atoms with Gasteiger partial charge in [-0.2, -0.15) is 0 Å². The van der Waals surface area contributed by atoms with Crippen LogP contribution in [0.2, 0.25) is 0 Å². The first-order valence-corrected chi connectivity index (χ1v) is 8.75. The Labute approximate surface area is 148 Å². The summed E-state index contributed by atoms with van der Waals surface area (Å²) >= 11 is 0. The number of nitrogens with one attached hydrogen (secondary N) is 2. The molecule has 1 saturated heterocycles. The van der Waals surface area contributed by atoms with E-state index in [-0.39, 0.29) is 35.1 Å². The predicted molar refractivity (Wildman–Crippen MR) is 97.0 cm³/mol. The number of ether oxygens (including phenoxy) is 2. The normalized spacial score (nSPS) is 20.4. The monoisotopic (exact) mass is 348 g/mol. The molecule has 0 saturated carbocycles. The van der Waals surface area contributed by atoms with Crippen LogP contribution in [0.15, 0.2) is 28.6 Å². The van der Waals surface area contributed by atoms with Crippen LogP contribution in [-0.2, 0) is 9.47 Å². The number of H-pyrrole nitrogens is 1. The van der Waals surface area contributed by atoms with Crippen molar-refractivity contribution in [3.63, 3.8) is 0 Å². The highest BCUT2D eigenvalue weighted by atomic mass is 16.5. The van der Waals surface area contributed by atoms with Gasteiger partial charge in [0.2, 0.25) is 0 Å². The van der Waals surface area contributed by atoms with Crippen LogP contribution in [0, 0.1) is 0 Å². The highest BCUT2D eigenvalue weighted by molar-refractivity contribution is 5.94. The second kappa shape index (κ2) is 8.97. The summed E-state index contributed by atoms with van der Waals surface area (Å²) in [6, 6.07) is 3.20. The van der Waals surface area contributed by atoms with Crippen molar-refractivity contribution in [1.29, 1.82) is 0 Å². The number of carbonyl (C=O) groups excluding carboxylic acids is 1. The second-order valence-corrected chi connectivity index (χ2v) is 6.91. The van der Waals surface area contributed by atoms with Gasteiger partial charge in [-0.25, -0.2) is 0 Å². The van der Waals surface area contributed by atoms with Gasteiger partial charge in [-0.3, -0.25) is 9.59 Å². The van der Waals surface area contributed by atoms with Crippen molar-refractivity contribution in [2.45, 2.75) is 52.2 Å². The van der Waals surface area contributed by atoms with Crippen molar-refractivity contribution in [3.8, 4) is 0 Å². The zero-order valence-corrected chi connectivity index (χ0v) is 15.4.